The van der Waals surface area contributed by atoms with Gasteiger partial charge in [0.2, 0.25) is 0 Å². The highest BCUT2D eigenvalue weighted by atomic mass is 16.7. The number of hydrogen-bond acceptors (Lipinski definition) is 4. The summed E-state index contributed by atoms with van der Waals surface area (Å²) in [5.74, 6) is 0. The molecule has 0 aromatic rings. The summed E-state index contributed by atoms with van der Waals surface area (Å²) in [4.78, 5) is 10.8. The lowest BCUT2D eigenvalue weighted by Crippen LogP contribution is -2.41. The minimum absolute atomic E-state index is 0.199. The second-order valence-corrected chi connectivity index (χ2v) is 4.77. The summed E-state index contributed by atoms with van der Waals surface area (Å²) in [6.45, 7) is 7.64. The van der Waals surface area contributed by atoms with Gasteiger partial charge in [0.05, 0.1) is 18.1 Å². The van der Waals surface area contributed by atoms with Crippen molar-refractivity contribution >= 4 is 6.16 Å². The second kappa shape index (κ2) is 6.09. The smallest absolute Gasteiger partial charge is 0.433 e. The topological polar surface area (TPSA) is 44.8 Å². The van der Waals surface area contributed by atoms with E-state index >= 15 is 0 Å². The Hall–Kier alpha value is -0.770. The van der Waals surface area contributed by atoms with Crippen LogP contribution in [0.4, 0.5) is 4.79 Å². The van der Waals surface area contributed by atoms with Gasteiger partial charge in [-0.25, -0.2) is 4.79 Å². The van der Waals surface area contributed by atoms with Crippen molar-refractivity contribution in [3.05, 3.63) is 0 Å². The summed E-state index contributed by atoms with van der Waals surface area (Å²) in [6, 6.07) is 0. The van der Waals surface area contributed by atoms with Crippen molar-refractivity contribution in [1.82, 2.24) is 0 Å². The molecule has 0 N–H and O–H groups in total. The standard InChI is InChI=1S/C12H22O4/c1-4-6-10(5-2)14-7-12(3)8-15-11(13)16-9-12/h10H,4-9H2,1-3H3. The number of rotatable bonds is 6. The third-order valence-corrected chi connectivity index (χ3v) is 2.81. The fourth-order valence-electron chi connectivity index (χ4n) is 1.68. The van der Waals surface area contributed by atoms with Gasteiger partial charge in [-0.15, -0.1) is 0 Å². The normalized spacial score (nSPS) is 21.1. The van der Waals surface area contributed by atoms with Crippen LogP contribution in [0, 0.1) is 5.41 Å². The minimum Gasteiger partial charge on any atom is -0.433 e. The zero-order chi connectivity index (χ0) is 12.0. The Morgan fingerprint density at radius 2 is 2.00 bits per heavy atom. The predicted molar refractivity (Wildman–Crippen MR) is 60.3 cm³/mol. The summed E-state index contributed by atoms with van der Waals surface area (Å²) in [5.41, 5.74) is -0.199. The first-order chi connectivity index (χ1) is 7.59. The molecule has 1 aliphatic heterocycles. The van der Waals surface area contributed by atoms with Crippen molar-refractivity contribution in [2.24, 2.45) is 5.41 Å². The molecule has 0 aromatic carbocycles. The molecule has 1 heterocycles. The average molecular weight is 230 g/mol. The molecule has 16 heavy (non-hydrogen) atoms. The van der Waals surface area contributed by atoms with Crippen LogP contribution in [-0.4, -0.2) is 32.1 Å². The maximum Gasteiger partial charge on any atom is 0.508 e. The third kappa shape index (κ3) is 4.00. The van der Waals surface area contributed by atoms with Gasteiger partial charge in [0.1, 0.15) is 13.2 Å². The summed E-state index contributed by atoms with van der Waals surface area (Å²) in [5, 5.41) is 0. The van der Waals surface area contributed by atoms with E-state index in [1.165, 1.54) is 0 Å². The average Bonchev–Trinajstić information content (AvgIpc) is 2.29. The first-order valence-corrected chi connectivity index (χ1v) is 6.01. The molecule has 0 bridgehead atoms. The van der Waals surface area contributed by atoms with Gasteiger partial charge in [0.25, 0.3) is 0 Å². The number of carbonyl (C=O) groups is 1. The second-order valence-electron chi connectivity index (χ2n) is 4.77. The van der Waals surface area contributed by atoms with Crippen molar-refractivity contribution in [2.75, 3.05) is 19.8 Å². The molecule has 94 valence electrons. The molecule has 0 radical (unpaired) electrons. The van der Waals surface area contributed by atoms with Gasteiger partial charge in [-0.1, -0.05) is 27.2 Å². The molecule has 1 rings (SSSR count). The lowest BCUT2D eigenvalue weighted by atomic mass is 9.93. The number of cyclic esters (lactones) is 2. The first-order valence-electron chi connectivity index (χ1n) is 6.01. The monoisotopic (exact) mass is 230 g/mol. The molecular formula is C12H22O4. The Morgan fingerprint density at radius 1 is 1.38 bits per heavy atom. The van der Waals surface area contributed by atoms with Crippen LogP contribution in [0.15, 0.2) is 0 Å². The van der Waals surface area contributed by atoms with Crippen LogP contribution in [0.3, 0.4) is 0 Å². The van der Waals surface area contributed by atoms with Crippen molar-refractivity contribution < 1.29 is 19.0 Å². The first kappa shape index (κ1) is 13.3. The lowest BCUT2D eigenvalue weighted by Gasteiger charge is -2.33. The van der Waals surface area contributed by atoms with Crippen LogP contribution >= 0.6 is 0 Å². The molecule has 1 saturated heterocycles. The molecule has 1 fully saturated rings. The molecule has 4 heteroatoms. The van der Waals surface area contributed by atoms with Crippen molar-refractivity contribution in [3.63, 3.8) is 0 Å². The Labute approximate surface area is 97.2 Å². The maximum atomic E-state index is 10.8. The summed E-state index contributed by atoms with van der Waals surface area (Å²) < 4.78 is 15.6. The zero-order valence-corrected chi connectivity index (χ0v) is 10.5. The van der Waals surface area contributed by atoms with E-state index in [2.05, 4.69) is 13.8 Å². The van der Waals surface area contributed by atoms with Crippen LogP contribution in [0.5, 0.6) is 0 Å². The van der Waals surface area contributed by atoms with E-state index in [1.54, 1.807) is 0 Å². The van der Waals surface area contributed by atoms with Gasteiger partial charge < -0.3 is 14.2 Å². The maximum absolute atomic E-state index is 10.8. The van der Waals surface area contributed by atoms with E-state index in [1.807, 2.05) is 6.92 Å². The highest BCUT2D eigenvalue weighted by Gasteiger charge is 2.34. The van der Waals surface area contributed by atoms with Gasteiger partial charge in [-0.2, -0.15) is 0 Å². The largest absolute Gasteiger partial charge is 0.508 e. The highest BCUT2D eigenvalue weighted by molar-refractivity contribution is 5.60. The van der Waals surface area contributed by atoms with Gasteiger partial charge in [-0.3, -0.25) is 0 Å². The van der Waals surface area contributed by atoms with Gasteiger partial charge >= 0.3 is 6.16 Å². The Morgan fingerprint density at radius 3 is 2.50 bits per heavy atom. The van der Waals surface area contributed by atoms with Crippen LogP contribution in [-0.2, 0) is 14.2 Å². The van der Waals surface area contributed by atoms with Crippen LogP contribution in [0.2, 0.25) is 0 Å². The third-order valence-electron chi connectivity index (χ3n) is 2.81. The van der Waals surface area contributed by atoms with E-state index in [9.17, 15) is 4.79 Å². The lowest BCUT2D eigenvalue weighted by molar-refractivity contribution is -0.0998. The summed E-state index contributed by atoms with van der Waals surface area (Å²) in [6.07, 6.45) is 2.95. The van der Waals surface area contributed by atoms with Crippen LogP contribution in [0.25, 0.3) is 0 Å². The van der Waals surface area contributed by atoms with Crippen molar-refractivity contribution in [1.29, 1.82) is 0 Å². The fourth-order valence-corrected chi connectivity index (χ4v) is 1.68. The van der Waals surface area contributed by atoms with Crippen molar-refractivity contribution in [2.45, 2.75) is 46.1 Å². The van der Waals surface area contributed by atoms with E-state index < -0.39 is 6.16 Å². The summed E-state index contributed by atoms with van der Waals surface area (Å²) >= 11 is 0. The molecule has 0 aliphatic carbocycles. The SMILES string of the molecule is CCCC(CC)OCC1(C)COC(=O)OC1. The quantitative estimate of drug-likeness (QED) is 0.658. The Balaban J connectivity index is 2.32. The van der Waals surface area contributed by atoms with E-state index in [0.29, 0.717) is 25.9 Å². The van der Waals surface area contributed by atoms with Gasteiger partial charge in [0, 0.05) is 0 Å². The predicted octanol–water partition coefficient (Wildman–Crippen LogP) is 2.75. The van der Waals surface area contributed by atoms with Crippen LogP contribution < -0.4 is 0 Å². The minimum atomic E-state index is -0.571. The molecule has 1 unspecified atom stereocenters. The van der Waals surface area contributed by atoms with Gasteiger partial charge in [-0.05, 0) is 12.8 Å². The molecule has 0 saturated carbocycles. The highest BCUT2D eigenvalue weighted by Crippen LogP contribution is 2.24. The van der Waals surface area contributed by atoms with Gasteiger partial charge in [0.15, 0.2) is 0 Å². The zero-order valence-electron chi connectivity index (χ0n) is 10.5. The number of hydrogen-bond donors (Lipinski definition) is 0. The van der Waals surface area contributed by atoms with E-state index in [0.717, 1.165) is 19.3 Å². The Kier molecular flexibility index (Phi) is 5.06. The molecule has 1 atom stereocenters. The molecule has 0 amide bonds. The molecule has 0 aromatic heterocycles. The Bertz CT molecular complexity index is 217. The van der Waals surface area contributed by atoms with Crippen LogP contribution in [0.1, 0.15) is 40.0 Å². The number of carbonyl (C=O) groups excluding carboxylic acids is 1. The number of ether oxygens (including phenoxy) is 3. The summed E-state index contributed by atoms with van der Waals surface area (Å²) in [7, 11) is 0. The van der Waals surface area contributed by atoms with Crippen molar-refractivity contribution in [3.8, 4) is 0 Å². The fraction of sp³-hybridized carbons (Fsp3) is 0.917. The molecule has 4 nitrogen and oxygen atoms in total. The molecular weight excluding hydrogens is 208 g/mol. The molecule has 1 aliphatic rings. The molecule has 0 spiro atoms. The van der Waals surface area contributed by atoms with E-state index in [4.69, 9.17) is 14.2 Å². The van der Waals surface area contributed by atoms with E-state index in [-0.39, 0.29) is 5.41 Å².